The second-order valence-electron chi connectivity index (χ2n) is 42.3. The molecule has 668 valence electrons. The first-order valence-electron chi connectivity index (χ1n) is 49.7. The highest BCUT2D eigenvalue weighted by molar-refractivity contribution is 7.02. The summed E-state index contributed by atoms with van der Waals surface area (Å²) < 4.78 is 53.3. The van der Waals surface area contributed by atoms with Crippen LogP contribution in [0.2, 0.25) is 52.4 Å². The maximum atomic E-state index is 9.03. The van der Waals surface area contributed by atoms with Crippen LogP contribution in [-0.2, 0) is 39.0 Å². The minimum Gasteiger partial charge on any atom is -0.200 e. The van der Waals surface area contributed by atoms with E-state index in [9.17, 15) is 0 Å². The summed E-state index contributed by atoms with van der Waals surface area (Å²) in [5.74, 6) is 1.30. The van der Waals surface area contributed by atoms with E-state index in [1.165, 1.54) is 142 Å². The number of fused-ring (bicyclic) bond motifs is 4. The molecule has 16 aromatic rings. The van der Waals surface area contributed by atoms with Crippen molar-refractivity contribution in [2.24, 2.45) is 28.2 Å². The van der Waals surface area contributed by atoms with Crippen molar-refractivity contribution in [3.8, 4) is 45.0 Å². The van der Waals surface area contributed by atoms with Gasteiger partial charge in [0, 0.05) is 44.9 Å². The van der Waals surface area contributed by atoms with Gasteiger partial charge in [-0.05, 0) is 201 Å². The van der Waals surface area contributed by atoms with Gasteiger partial charge < -0.3 is 0 Å². The minimum absolute atomic E-state index is 0.0739. The Labute approximate surface area is 793 Å². The third-order valence-electron chi connectivity index (χ3n) is 28.9. The lowest BCUT2D eigenvalue weighted by Crippen LogP contribution is -2.52. The largest absolute Gasteiger partial charge is 0.220 e. The summed E-state index contributed by atoms with van der Waals surface area (Å²) in [6, 6.07) is 93.7. The standard InChI is InChI=1S/2C31H38NSi.2C30H36NSi/c1-21-17-25(31(4,5)6)20-29(23(21)3)30-28-16-15-27(19-24(28)18-22(2)32(30)7)33(8,9)26-13-11-10-12-14-26;1-21(2)25-19-29(22(3)4)23(5)30(20-25)31-28-15-14-27(18-24(28)16-17-32(31)6)33(7,8)26-12-10-9-11-13-26;1-20(2)24-16-21(3)23(5)29(19-24)30-28-15-14-27(18-25(28)17-22(4)31(30)6)32(7,8)26-12-10-9-11-13-26;1-21-14-15-24(30(3,4)5)20-28(21)29-27-17-16-26(19-23(27)18-22(2)31(29)6)32(7,8)25-12-10-9-11-13-25/h10-20H,1-9H3;9-22H,1-8H3;2*9-20H,1-8H3/q4*+1/i18D;16D,17D;17D;18D. The second kappa shape index (κ2) is 38.2. The molecule has 0 unspecified atom stereocenters. The third kappa shape index (κ3) is 19.7. The van der Waals surface area contributed by atoms with Gasteiger partial charge in [-0.2, -0.15) is 13.7 Å². The summed E-state index contributed by atoms with van der Waals surface area (Å²) in [5.41, 5.74) is 27.3. The van der Waals surface area contributed by atoms with Crippen molar-refractivity contribution in [1.82, 2.24) is 0 Å². The summed E-state index contributed by atoms with van der Waals surface area (Å²) in [6.07, 6.45) is 0.254. The highest BCUT2D eigenvalue weighted by atomic mass is 28.3. The van der Waals surface area contributed by atoms with Crippen molar-refractivity contribution in [1.29, 1.82) is 0 Å². The molecule has 0 atom stereocenters. The molecule has 16 rings (SSSR count). The molecular weight excluding hydrogens is 1630 g/mol. The average molecular weight is 1790 g/mol. The van der Waals surface area contributed by atoms with E-state index in [1.807, 2.05) is 11.6 Å². The molecule has 0 spiro atoms. The molecule has 0 aliphatic heterocycles. The first kappa shape index (κ1) is 89.7. The monoisotopic (exact) mass is 1790 g/mol. The van der Waals surface area contributed by atoms with Crippen LogP contribution >= 0.6 is 0 Å². The zero-order valence-electron chi connectivity index (χ0n) is 89.7. The van der Waals surface area contributed by atoms with Gasteiger partial charge in [-0.25, -0.2) is 4.57 Å². The first-order chi connectivity index (χ1) is 63.2. The lowest BCUT2D eigenvalue weighted by atomic mass is 9.83. The Morgan fingerprint density at radius 1 is 0.277 bits per heavy atom. The Morgan fingerprint density at radius 2 is 0.585 bits per heavy atom. The number of aryl methyl sites for hydroxylation is 3. The van der Waals surface area contributed by atoms with E-state index in [2.05, 4.69) is 481 Å². The van der Waals surface area contributed by atoms with Crippen molar-refractivity contribution in [2.45, 2.75) is 226 Å². The molecule has 0 bridgehead atoms. The van der Waals surface area contributed by atoms with Crippen LogP contribution in [0.4, 0.5) is 0 Å². The molecule has 12 aromatic carbocycles. The summed E-state index contributed by atoms with van der Waals surface area (Å²) >= 11 is 0. The Hall–Kier alpha value is -10.9. The van der Waals surface area contributed by atoms with Crippen molar-refractivity contribution >= 4 is 117 Å². The maximum absolute atomic E-state index is 9.03. The zero-order valence-corrected chi connectivity index (χ0v) is 88.7. The number of aromatic nitrogens is 4. The molecular formula is C122H148N4Si4+4. The Kier molecular flexibility index (Phi) is 26.3. The molecule has 0 saturated heterocycles. The molecule has 0 fully saturated rings. The zero-order chi connectivity index (χ0) is 98.9. The fraction of sp³-hybridized carbons (Fsp3) is 0.311. The Bertz CT molecular complexity index is 7220. The fourth-order valence-corrected chi connectivity index (χ4v) is 28.4. The van der Waals surface area contributed by atoms with E-state index < -0.39 is 32.3 Å². The summed E-state index contributed by atoms with van der Waals surface area (Å²) in [6.45, 7) is 65.8. The van der Waals surface area contributed by atoms with E-state index in [0.29, 0.717) is 41.9 Å². The Morgan fingerprint density at radius 3 is 0.931 bits per heavy atom. The topological polar surface area (TPSA) is 15.5 Å². The van der Waals surface area contributed by atoms with Crippen LogP contribution in [0, 0.1) is 62.3 Å². The quantitative estimate of drug-likeness (QED) is 0.0718. The average Bonchev–Trinajstić information content (AvgIpc) is 0.538. The van der Waals surface area contributed by atoms with Crippen LogP contribution in [0.25, 0.3) is 88.1 Å². The van der Waals surface area contributed by atoms with E-state index >= 15 is 0 Å². The predicted octanol–water partition coefficient (Wildman–Crippen LogP) is 25.4. The van der Waals surface area contributed by atoms with Crippen molar-refractivity contribution in [2.75, 3.05) is 0 Å². The SMILES string of the molecule is [2H]c1c(C)[n+](C)c(-c2cc(C(C)(C)C)cc(C)c2C)c2ccc([Si](C)(C)c3ccccc3)cc12.[2H]c1c(C)[n+](C)c(-c2cc(C(C)(C)C)ccc2C)c2ccc([Si](C)(C)c3ccccc3)cc12.[2H]c1c(C)[n+](C)c(-c2cc(C(C)C)cc(C)c2C)c2ccc([Si](C)(C)c3ccccc3)cc12.[2H]c1c([2H])[n+](C)c(-c2cc(C(C)C)cc(C(C)C)c2C)c2ccc([Si](C)(C)c3ccccc3)cc12. The van der Waals surface area contributed by atoms with Gasteiger partial charge in [-0.3, -0.25) is 0 Å². The first-order valence-corrected chi connectivity index (χ1v) is 59.2. The van der Waals surface area contributed by atoms with Gasteiger partial charge in [0.15, 0.2) is 23.3 Å². The highest BCUT2D eigenvalue weighted by Crippen LogP contribution is 2.40. The normalized spacial score (nSPS) is 12.8. The number of hydrogen-bond donors (Lipinski definition) is 0. The van der Waals surface area contributed by atoms with Crippen LogP contribution in [0.5, 0.6) is 0 Å². The lowest BCUT2D eigenvalue weighted by molar-refractivity contribution is -0.665. The van der Waals surface area contributed by atoms with Gasteiger partial charge in [0.2, 0.25) is 22.8 Å². The van der Waals surface area contributed by atoms with E-state index in [-0.39, 0.29) is 17.0 Å². The summed E-state index contributed by atoms with van der Waals surface area (Å²) in [4.78, 5) is 0. The van der Waals surface area contributed by atoms with Crippen LogP contribution in [0.15, 0.2) is 279 Å². The molecule has 0 amide bonds. The fourth-order valence-electron chi connectivity index (χ4n) is 18.9. The lowest BCUT2D eigenvalue weighted by Gasteiger charge is -2.24. The smallest absolute Gasteiger partial charge is 0.200 e. The van der Waals surface area contributed by atoms with E-state index in [0.717, 1.165) is 65.9 Å². The van der Waals surface area contributed by atoms with Gasteiger partial charge in [0.25, 0.3) is 0 Å². The molecule has 130 heavy (non-hydrogen) atoms. The van der Waals surface area contributed by atoms with Crippen molar-refractivity contribution < 1.29 is 25.1 Å². The number of rotatable bonds is 15. The molecule has 0 saturated carbocycles. The number of hydrogen-bond acceptors (Lipinski definition) is 0. The Balaban J connectivity index is 0.000000152. The summed E-state index contributed by atoms with van der Waals surface area (Å²) in [5, 5.41) is 19.6. The van der Waals surface area contributed by atoms with Crippen LogP contribution < -0.4 is 59.8 Å². The van der Waals surface area contributed by atoms with Crippen LogP contribution in [0.1, 0.15) is 186 Å². The third-order valence-corrected chi connectivity index (χ3v) is 43.0. The molecule has 0 radical (unpaired) electrons. The van der Waals surface area contributed by atoms with Gasteiger partial charge in [-0.1, -0.05) is 377 Å². The minimum atomic E-state index is -1.93. The molecule has 4 nitrogen and oxygen atoms in total. The molecule has 8 heteroatoms. The number of pyridine rings is 4. The molecule has 0 aliphatic carbocycles. The predicted molar refractivity (Wildman–Crippen MR) is 577 cm³/mol. The maximum Gasteiger partial charge on any atom is 0.220 e. The van der Waals surface area contributed by atoms with E-state index in [1.54, 1.807) is 0 Å². The van der Waals surface area contributed by atoms with E-state index in [4.69, 9.17) is 6.85 Å². The molecule has 0 aliphatic rings. The van der Waals surface area contributed by atoms with Gasteiger partial charge >= 0.3 is 0 Å². The van der Waals surface area contributed by atoms with Gasteiger partial charge in [0.1, 0.15) is 61.9 Å². The highest BCUT2D eigenvalue weighted by Gasteiger charge is 2.35. The van der Waals surface area contributed by atoms with Crippen LogP contribution in [0.3, 0.4) is 0 Å². The van der Waals surface area contributed by atoms with Crippen molar-refractivity contribution in [3.05, 3.63) is 357 Å². The number of benzene rings is 12. The summed E-state index contributed by atoms with van der Waals surface area (Å²) in [7, 11) is 0.731. The molecule has 4 heterocycles. The van der Waals surface area contributed by atoms with Crippen molar-refractivity contribution in [3.63, 3.8) is 0 Å². The van der Waals surface area contributed by atoms with Crippen LogP contribution in [-0.4, -0.2) is 32.3 Å². The molecule has 0 N–H and O–H groups in total. The number of nitrogens with zero attached hydrogens (tertiary/aromatic N) is 4. The van der Waals surface area contributed by atoms with Gasteiger partial charge in [-0.15, -0.1) is 0 Å². The van der Waals surface area contributed by atoms with Gasteiger partial charge in [0.05, 0.1) is 49.3 Å². The second-order valence-corrected chi connectivity index (χ2v) is 59.9. The molecule has 4 aromatic heterocycles.